The van der Waals surface area contributed by atoms with Crippen LogP contribution < -0.4 is 0 Å². The molecule has 0 spiro atoms. The molecule has 0 amide bonds. The molecule has 0 aromatic heterocycles. The van der Waals surface area contributed by atoms with Crippen LogP contribution in [0.25, 0.3) is 0 Å². The normalized spacial score (nSPS) is 12.0. The van der Waals surface area contributed by atoms with E-state index in [2.05, 4.69) is 98.7 Å². The van der Waals surface area contributed by atoms with Gasteiger partial charge in [0, 0.05) is 0 Å². The van der Waals surface area contributed by atoms with Crippen LogP contribution in [0.4, 0.5) is 0 Å². The van der Waals surface area contributed by atoms with E-state index < -0.39 is 17.9 Å². The Kier molecular flexibility index (Phi) is 20.8. The molecule has 0 fully saturated rings. The van der Waals surface area contributed by atoms with Crippen LogP contribution in [0.1, 0.15) is 221 Å². The van der Waals surface area contributed by atoms with Crippen molar-refractivity contribution < 1.29 is 43.9 Å². The summed E-state index contributed by atoms with van der Waals surface area (Å²) in [5, 5.41) is 31.8. The lowest BCUT2D eigenvalue weighted by Gasteiger charge is -2.22. The van der Waals surface area contributed by atoms with E-state index in [1.54, 1.807) is 0 Å². The van der Waals surface area contributed by atoms with Crippen LogP contribution in [0.3, 0.4) is 0 Å². The third kappa shape index (κ3) is 17.6. The van der Waals surface area contributed by atoms with Crippen LogP contribution in [-0.4, -0.2) is 53.0 Å². The molecule has 4 aromatic carbocycles. The standard InChI is InChI=1S/C60H84O9/c1-40-31-43(34-49(52(40)61)58(4,5)6)25-19-13-16-22-28-67-55(64)46-37-47(56(65)68-29-23-17-14-20-26-44-32-41(2)53(62)50(35-44)59(7,8)9)39-48(38-46)57(66)69-30-24-18-15-21-27-45-33-42(3)54(63)51(36-45)60(10,11)12/h31-39,61-63H,13-30H2,1-12H3. The molecular formula is C60H84O9. The zero-order chi connectivity index (χ0) is 51.1. The molecule has 9 heteroatoms. The molecule has 4 rings (SSSR count). The van der Waals surface area contributed by atoms with Gasteiger partial charge in [0.2, 0.25) is 0 Å². The van der Waals surface area contributed by atoms with Crippen LogP contribution >= 0.6 is 0 Å². The maximum absolute atomic E-state index is 13.4. The number of carbonyl (C=O) groups is 3. The number of hydrogen-bond acceptors (Lipinski definition) is 9. The Morgan fingerprint density at radius 1 is 0.362 bits per heavy atom. The van der Waals surface area contributed by atoms with Crippen molar-refractivity contribution in [3.05, 3.63) is 121 Å². The Balaban J connectivity index is 1.29. The summed E-state index contributed by atoms with van der Waals surface area (Å²) >= 11 is 0. The molecule has 9 nitrogen and oxygen atoms in total. The van der Waals surface area contributed by atoms with Gasteiger partial charge in [-0.25, -0.2) is 14.4 Å². The lowest BCUT2D eigenvalue weighted by atomic mass is 9.83. The Morgan fingerprint density at radius 3 is 0.826 bits per heavy atom. The van der Waals surface area contributed by atoms with Gasteiger partial charge in [-0.1, -0.05) is 137 Å². The molecule has 0 aliphatic carbocycles. The SMILES string of the molecule is Cc1cc(CCCCCCOC(=O)c2cc(C(=O)OCCCCCCc3cc(C)c(O)c(C(C)(C)C)c3)cc(C(=O)OCCCCCCc3cc(C)c(O)c(C(C)(C)C)c3)c2)cc(C(C)(C)C)c1O. The highest BCUT2D eigenvalue weighted by Gasteiger charge is 2.23. The van der Waals surface area contributed by atoms with Crippen LogP contribution in [0.15, 0.2) is 54.6 Å². The van der Waals surface area contributed by atoms with Crippen LogP contribution in [0, 0.1) is 20.8 Å². The number of benzene rings is 4. The third-order valence-corrected chi connectivity index (χ3v) is 12.9. The summed E-state index contributed by atoms with van der Waals surface area (Å²) in [6.07, 6.45) is 13.0. The molecular weight excluding hydrogens is 865 g/mol. The van der Waals surface area contributed by atoms with Gasteiger partial charge in [-0.2, -0.15) is 0 Å². The van der Waals surface area contributed by atoms with Crippen molar-refractivity contribution in [3.8, 4) is 17.2 Å². The van der Waals surface area contributed by atoms with Crippen molar-refractivity contribution in [3.63, 3.8) is 0 Å². The van der Waals surface area contributed by atoms with E-state index >= 15 is 0 Å². The number of carbonyl (C=O) groups excluding carboxylic acids is 3. The van der Waals surface area contributed by atoms with E-state index in [4.69, 9.17) is 14.2 Å². The molecule has 0 aliphatic heterocycles. The number of aryl methyl sites for hydroxylation is 6. The summed E-state index contributed by atoms with van der Waals surface area (Å²) < 4.78 is 17.0. The predicted molar refractivity (Wildman–Crippen MR) is 278 cm³/mol. The summed E-state index contributed by atoms with van der Waals surface area (Å²) in [5.41, 5.74) is 8.93. The summed E-state index contributed by atoms with van der Waals surface area (Å²) in [7, 11) is 0. The topological polar surface area (TPSA) is 140 Å². The Hall–Kier alpha value is -5.31. The van der Waals surface area contributed by atoms with Crippen molar-refractivity contribution in [2.45, 2.75) is 196 Å². The molecule has 3 N–H and O–H groups in total. The average molecular weight is 949 g/mol. The Labute approximate surface area is 414 Å². The first kappa shape index (κ1) is 56.3. The van der Waals surface area contributed by atoms with Crippen molar-refractivity contribution >= 4 is 17.9 Å². The maximum Gasteiger partial charge on any atom is 0.338 e. The summed E-state index contributed by atoms with van der Waals surface area (Å²) in [4.78, 5) is 40.2. The van der Waals surface area contributed by atoms with E-state index in [0.29, 0.717) is 36.5 Å². The second-order valence-corrected chi connectivity index (χ2v) is 22.4. The lowest BCUT2D eigenvalue weighted by molar-refractivity contribution is 0.0494. The zero-order valence-electron chi connectivity index (χ0n) is 44.2. The van der Waals surface area contributed by atoms with Gasteiger partial charge in [0.05, 0.1) is 36.5 Å². The van der Waals surface area contributed by atoms with E-state index in [1.165, 1.54) is 34.9 Å². The summed E-state index contributed by atoms with van der Waals surface area (Å²) in [6.45, 7) is 25.3. The first-order valence-electron chi connectivity index (χ1n) is 25.5. The number of ether oxygens (including phenoxy) is 3. The third-order valence-electron chi connectivity index (χ3n) is 12.9. The van der Waals surface area contributed by atoms with Crippen molar-refractivity contribution in [1.82, 2.24) is 0 Å². The van der Waals surface area contributed by atoms with Gasteiger partial charge >= 0.3 is 17.9 Å². The minimum atomic E-state index is -0.620. The Bertz CT molecular complexity index is 2080. The van der Waals surface area contributed by atoms with E-state index in [9.17, 15) is 29.7 Å². The molecule has 378 valence electrons. The van der Waals surface area contributed by atoms with Gasteiger partial charge in [0.15, 0.2) is 0 Å². The molecule has 69 heavy (non-hydrogen) atoms. The van der Waals surface area contributed by atoms with Gasteiger partial charge in [-0.05, 0) is 163 Å². The van der Waals surface area contributed by atoms with Gasteiger partial charge in [0.1, 0.15) is 17.2 Å². The van der Waals surface area contributed by atoms with E-state index in [-0.39, 0.29) is 52.8 Å². The van der Waals surface area contributed by atoms with Gasteiger partial charge in [-0.3, -0.25) is 0 Å². The first-order chi connectivity index (χ1) is 32.4. The number of esters is 3. The molecule has 0 unspecified atom stereocenters. The van der Waals surface area contributed by atoms with Gasteiger partial charge < -0.3 is 29.5 Å². The molecule has 0 heterocycles. The fourth-order valence-electron chi connectivity index (χ4n) is 8.79. The average Bonchev–Trinajstić information content (AvgIpc) is 3.26. The quantitative estimate of drug-likeness (QED) is 0.0356. The zero-order valence-corrected chi connectivity index (χ0v) is 44.2. The van der Waals surface area contributed by atoms with Crippen LogP contribution in [0.5, 0.6) is 17.2 Å². The molecule has 0 saturated heterocycles. The van der Waals surface area contributed by atoms with E-state index in [1.807, 2.05) is 20.8 Å². The fraction of sp³-hybridized carbons (Fsp3) is 0.550. The van der Waals surface area contributed by atoms with Crippen LogP contribution in [-0.2, 0) is 49.7 Å². The number of rotatable bonds is 24. The number of aromatic hydroxyl groups is 3. The fourth-order valence-corrected chi connectivity index (χ4v) is 8.79. The molecule has 0 radical (unpaired) electrons. The molecule has 4 aromatic rings. The van der Waals surface area contributed by atoms with E-state index in [0.717, 1.165) is 110 Å². The molecule has 0 saturated carbocycles. The first-order valence-corrected chi connectivity index (χ1v) is 25.5. The number of hydrogen-bond donors (Lipinski definition) is 3. The second kappa shape index (κ2) is 25.5. The largest absolute Gasteiger partial charge is 0.507 e. The van der Waals surface area contributed by atoms with Crippen molar-refractivity contribution in [2.24, 2.45) is 0 Å². The van der Waals surface area contributed by atoms with Crippen molar-refractivity contribution in [1.29, 1.82) is 0 Å². The maximum atomic E-state index is 13.4. The molecule has 0 aliphatic rings. The second-order valence-electron chi connectivity index (χ2n) is 22.4. The lowest BCUT2D eigenvalue weighted by Crippen LogP contribution is -2.14. The monoisotopic (exact) mass is 949 g/mol. The minimum Gasteiger partial charge on any atom is -0.507 e. The number of unbranched alkanes of at least 4 members (excludes halogenated alkanes) is 9. The number of phenols is 3. The molecule has 0 atom stereocenters. The summed E-state index contributed by atoms with van der Waals surface area (Å²) in [5.74, 6) is -0.765. The van der Waals surface area contributed by atoms with Gasteiger partial charge in [-0.15, -0.1) is 0 Å². The minimum absolute atomic E-state index is 0.0897. The molecule has 0 bridgehead atoms. The predicted octanol–water partition coefficient (Wildman–Crippen LogP) is 14.5. The highest BCUT2D eigenvalue weighted by Crippen LogP contribution is 2.37. The Morgan fingerprint density at radius 2 is 0.594 bits per heavy atom. The highest BCUT2D eigenvalue weighted by molar-refractivity contribution is 6.00. The highest BCUT2D eigenvalue weighted by atomic mass is 16.5. The smallest absolute Gasteiger partial charge is 0.338 e. The van der Waals surface area contributed by atoms with Crippen LogP contribution in [0.2, 0.25) is 0 Å². The van der Waals surface area contributed by atoms with Crippen molar-refractivity contribution in [2.75, 3.05) is 19.8 Å². The number of phenolic OH excluding ortho intramolecular Hbond substituents is 3. The van der Waals surface area contributed by atoms with Gasteiger partial charge in [0.25, 0.3) is 0 Å². The summed E-state index contributed by atoms with van der Waals surface area (Å²) in [6, 6.07) is 16.8.